The monoisotopic (exact) mass is 571 g/mol. The Labute approximate surface area is 170 Å². The van der Waals surface area contributed by atoms with Gasteiger partial charge in [0.05, 0.1) is 20.8 Å². The lowest BCUT2D eigenvalue weighted by Gasteiger charge is -2.34. The molecule has 1 radical (unpaired) electrons. The van der Waals surface area contributed by atoms with Crippen molar-refractivity contribution >= 4 is 52.9 Å². The fraction of sp³-hybridized carbons (Fsp3) is 0.615. The first-order valence-corrected chi connectivity index (χ1v) is 11.4. The first-order valence-electron chi connectivity index (χ1n) is 6.94. The zero-order valence-electron chi connectivity index (χ0n) is 13.5. The Kier molecular flexibility index (Phi) is 7.29. The van der Waals surface area contributed by atoms with Crippen LogP contribution in [0.5, 0.6) is 0 Å². The number of allylic oxidation sites excluding steroid dienone is 3. The Morgan fingerprint density at radius 3 is 2.11 bits per heavy atom. The second-order valence-corrected chi connectivity index (χ2v) is 11.9. The van der Waals surface area contributed by atoms with Gasteiger partial charge in [0.15, 0.2) is 14.7 Å². The van der Waals surface area contributed by atoms with Crippen LogP contribution in [-0.2, 0) is 21.0 Å². The highest BCUT2D eigenvalue weighted by Crippen LogP contribution is 2.52. The van der Waals surface area contributed by atoms with Crippen LogP contribution in [-0.4, -0.2) is 45.7 Å². The highest BCUT2D eigenvalue weighted by Gasteiger charge is 2.80. The van der Waals surface area contributed by atoms with Gasteiger partial charge in [-0.25, -0.2) is 8.42 Å². The molecule has 0 aliphatic heterocycles. The van der Waals surface area contributed by atoms with E-state index in [1.165, 1.54) is 20.3 Å². The van der Waals surface area contributed by atoms with E-state index < -0.39 is 52.8 Å². The van der Waals surface area contributed by atoms with Crippen LogP contribution in [0.1, 0.15) is 13.8 Å². The predicted molar refractivity (Wildman–Crippen MR) is 94.1 cm³/mol. The zero-order chi connectivity index (χ0) is 21.6. The number of hydrogen-bond donors (Lipinski definition) is 0. The van der Waals surface area contributed by atoms with Crippen molar-refractivity contribution in [3.05, 3.63) is 28.0 Å². The van der Waals surface area contributed by atoms with Crippen LogP contribution in [0, 0.1) is 6.42 Å². The number of sulfone groups is 1. The van der Waals surface area contributed by atoms with Gasteiger partial charge in [-0.3, -0.25) is 0 Å². The van der Waals surface area contributed by atoms with Gasteiger partial charge in [-0.05, 0) is 13.0 Å². The molecule has 0 spiro atoms. The summed E-state index contributed by atoms with van der Waals surface area (Å²) in [4.78, 5) is -1.09. The molecule has 14 heteroatoms. The maximum atomic E-state index is 13.8. The molecule has 0 heterocycles. The molecule has 0 aromatic rings. The maximum Gasteiger partial charge on any atom is 0.486 e. The summed E-state index contributed by atoms with van der Waals surface area (Å²) < 4.78 is 125. The molecule has 3 unspecified atom stereocenters. The topological polar surface area (TPSA) is 57.2 Å². The van der Waals surface area contributed by atoms with Gasteiger partial charge in [-0.2, -0.15) is 22.0 Å². The van der Waals surface area contributed by atoms with Crippen molar-refractivity contribution in [2.75, 3.05) is 5.75 Å². The van der Waals surface area contributed by atoms with Crippen molar-refractivity contribution in [1.82, 2.24) is 0 Å². The molecule has 0 amide bonds. The third-order valence-electron chi connectivity index (χ3n) is 3.74. The van der Waals surface area contributed by atoms with Gasteiger partial charge in [0, 0.05) is 22.7 Å². The van der Waals surface area contributed by atoms with Crippen molar-refractivity contribution < 1.29 is 43.7 Å². The fourth-order valence-corrected chi connectivity index (χ4v) is 6.94. The Hall–Kier alpha value is 0.210. The van der Waals surface area contributed by atoms with Crippen LogP contribution in [0.25, 0.3) is 0 Å². The summed E-state index contributed by atoms with van der Waals surface area (Å²) in [5.74, 6) is -6.92. The average molecular weight is 573 g/mol. The molecular formula is C13H12Br2F7O3S2. The minimum absolute atomic E-state index is 0.130. The van der Waals surface area contributed by atoms with Gasteiger partial charge >= 0.3 is 17.4 Å². The molecule has 1 rings (SSSR count). The van der Waals surface area contributed by atoms with Crippen LogP contribution >= 0.6 is 31.9 Å². The van der Waals surface area contributed by atoms with Crippen LogP contribution in [0.2, 0.25) is 0 Å². The second-order valence-electron chi connectivity index (χ2n) is 5.50. The molecule has 0 N–H and O–H groups in total. The molecule has 1 aliphatic rings. The van der Waals surface area contributed by atoms with E-state index in [4.69, 9.17) is 0 Å². The molecule has 0 saturated heterocycles. The number of hydrogen-bond acceptors (Lipinski definition) is 3. The van der Waals surface area contributed by atoms with Gasteiger partial charge in [-0.15, -0.1) is 8.78 Å². The Bertz CT molecular complexity index is 749. The summed E-state index contributed by atoms with van der Waals surface area (Å²) in [5, 5.41) is -7.32. The Morgan fingerprint density at radius 2 is 1.70 bits per heavy atom. The van der Waals surface area contributed by atoms with Crippen molar-refractivity contribution in [3.8, 4) is 0 Å². The standard InChI is InChI=1S/C13H12Br2F7O3S2/c1-3-27(24,25)7(2)10(15)5-8(14)4-9(6-10)26(23)13(21,22)11(16,17)12(18,19)20/h4-7H,3H2,1-2H3. The normalized spacial score (nSPS) is 24.9. The van der Waals surface area contributed by atoms with Crippen LogP contribution in [0.3, 0.4) is 0 Å². The van der Waals surface area contributed by atoms with Crippen molar-refractivity contribution in [2.45, 2.75) is 40.8 Å². The molecule has 0 fully saturated rings. The van der Waals surface area contributed by atoms with Gasteiger partial charge < -0.3 is 4.55 Å². The number of rotatable bonds is 6. The van der Waals surface area contributed by atoms with E-state index in [2.05, 4.69) is 31.9 Å². The minimum atomic E-state index is -6.64. The molecular weight excluding hydrogens is 561 g/mol. The van der Waals surface area contributed by atoms with E-state index in [0.29, 0.717) is 12.2 Å². The third-order valence-corrected chi connectivity index (χ3v) is 9.30. The van der Waals surface area contributed by atoms with E-state index >= 15 is 0 Å². The maximum absolute atomic E-state index is 13.8. The molecule has 0 aromatic heterocycles. The Morgan fingerprint density at radius 1 is 1.22 bits per heavy atom. The molecule has 1 aliphatic carbocycles. The van der Waals surface area contributed by atoms with Crippen LogP contribution < -0.4 is 0 Å². The summed E-state index contributed by atoms with van der Waals surface area (Å²) in [7, 11) is -3.80. The molecule has 0 bridgehead atoms. The molecule has 3 atom stereocenters. The highest BCUT2D eigenvalue weighted by atomic mass is 79.9. The lowest BCUT2D eigenvalue weighted by molar-refractivity contribution is -0.331. The third kappa shape index (κ3) is 4.69. The number of alkyl halides is 8. The highest BCUT2D eigenvalue weighted by molar-refractivity contribution is 9.12. The first kappa shape index (κ1) is 25.2. The largest absolute Gasteiger partial charge is 0.607 e. The van der Waals surface area contributed by atoms with Gasteiger partial charge in [0.25, 0.3) is 0 Å². The van der Waals surface area contributed by atoms with Crippen LogP contribution in [0.15, 0.2) is 21.5 Å². The van der Waals surface area contributed by atoms with Gasteiger partial charge in [0.1, 0.15) is 0 Å². The summed E-state index contributed by atoms with van der Waals surface area (Å²) in [6, 6.07) is 0. The summed E-state index contributed by atoms with van der Waals surface area (Å²) >= 11 is 1.67. The molecule has 3 nitrogen and oxygen atoms in total. The molecule has 157 valence electrons. The summed E-state index contributed by atoms with van der Waals surface area (Å²) in [6.45, 7) is 2.48. The van der Waals surface area contributed by atoms with E-state index in [9.17, 15) is 43.7 Å². The van der Waals surface area contributed by atoms with Gasteiger partial charge in [0.2, 0.25) is 0 Å². The molecule has 27 heavy (non-hydrogen) atoms. The van der Waals surface area contributed by atoms with Crippen LogP contribution in [0.4, 0.5) is 30.7 Å². The smallest absolute Gasteiger partial charge is 0.486 e. The summed E-state index contributed by atoms with van der Waals surface area (Å²) in [5.41, 5.74) is 0. The van der Waals surface area contributed by atoms with Crippen molar-refractivity contribution in [3.63, 3.8) is 0 Å². The second kappa shape index (κ2) is 7.80. The van der Waals surface area contributed by atoms with E-state index in [1.54, 1.807) is 0 Å². The fourth-order valence-electron chi connectivity index (χ4n) is 1.99. The lowest BCUT2D eigenvalue weighted by Crippen LogP contribution is -2.56. The average Bonchev–Trinajstić information content (AvgIpc) is 2.51. The summed E-state index contributed by atoms with van der Waals surface area (Å²) in [6.07, 6.45) is -4.18. The van der Waals surface area contributed by atoms with E-state index in [1.807, 2.05) is 0 Å². The first-order chi connectivity index (χ1) is 11.8. The Balaban J connectivity index is 3.45. The number of halogens is 9. The minimum Gasteiger partial charge on any atom is -0.607 e. The van der Waals surface area contributed by atoms with Gasteiger partial charge in [-0.1, -0.05) is 38.8 Å². The predicted octanol–water partition coefficient (Wildman–Crippen LogP) is 4.86. The van der Waals surface area contributed by atoms with Crippen molar-refractivity contribution in [1.29, 1.82) is 0 Å². The quantitative estimate of drug-likeness (QED) is 0.259. The molecule has 0 saturated carbocycles. The van der Waals surface area contributed by atoms with E-state index in [0.717, 1.165) is 0 Å². The van der Waals surface area contributed by atoms with Crippen molar-refractivity contribution in [2.24, 2.45) is 0 Å². The zero-order valence-corrected chi connectivity index (χ0v) is 18.3. The molecule has 0 aromatic carbocycles. The lowest BCUT2D eigenvalue weighted by atomic mass is 9.97. The van der Waals surface area contributed by atoms with E-state index in [-0.39, 0.29) is 10.2 Å². The SMILES string of the molecule is CCS(=O)(=O)C(C)C1(Br)[CH]C(Br)=CC([S+]([O-])C(F)(F)C(F)(F)C(F)(F)F)=C1.